The second kappa shape index (κ2) is 13.0. The molecule has 3 aliphatic rings. The minimum atomic E-state index is -4.06. The van der Waals surface area contributed by atoms with Crippen LogP contribution in [-0.2, 0) is 33.0 Å². The van der Waals surface area contributed by atoms with Crippen molar-refractivity contribution in [2.45, 2.75) is 134 Å². The third-order valence-corrected chi connectivity index (χ3v) is 23.3. The van der Waals surface area contributed by atoms with Gasteiger partial charge in [0.05, 0.1) is 0 Å². The Morgan fingerprint density at radius 1 is 0.533 bits per heavy atom. The summed E-state index contributed by atoms with van der Waals surface area (Å²) in [5.74, 6) is 0. The molecule has 3 saturated carbocycles. The van der Waals surface area contributed by atoms with Crippen LogP contribution in [0.25, 0.3) is 0 Å². The van der Waals surface area contributed by atoms with Crippen LogP contribution in [0.5, 0.6) is 0 Å². The molecule has 0 radical (unpaired) electrons. The van der Waals surface area contributed by atoms with E-state index < -0.39 is 30.3 Å². The molecule has 0 aromatic heterocycles. The van der Waals surface area contributed by atoms with Crippen LogP contribution in [0.1, 0.15) is 117 Å². The molecule has 0 atom stereocenters. The first-order valence-electron chi connectivity index (χ1n) is 13.3. The van der Waals surface area contributed by atoms with Gasteiger partial charge in [0.1, 0.15) is 0 Å². The van der Waals surface area contributed by atoms with Gasteiger partial charge in [0.15, 0.2) is 0 Å². The summed E-state index contributed by atoms with van der Waals surface area (Å²) in [5.41, 5.74) is 2.36. The molecule has 3 rings (SSSR count). The molecule has 176 valence electrons. The summed E-state index contributed by atoms with van der Waals surface area (Å²) >= 11 is -4.06. The van der Waals surface area contributed by atoms with Crippen molar-refractivity contribution in [3.63, 3.8) is 0 Å². The van der Waals surface area contributed by atoms with Gasteiger partial charge < -0.3 is 0 Å². The standard InChI is InChI=1S/C18H33OSi.3C2H5O.Zr/c19-20(16-10-4-1-5-11-16,17-12-6-2-7-13-17)18-14-8-3-9-15-18;3*1-2-3;/h16-18H,1-15H2;3*2H2,1H3;/q4*-1;+4. The number of hydrogen-bond acceptors (Lipinski definition) is 4. The monoisotopic (exact) mass is 518 g/mol. The molecule has 3 fully saturated rings. The summed E-state index contributed by atoms with van der Waals surface area (Å²) in [5, 5.41) is 0. The van der Waals surface area contributed by atoms with Crippen LogP contribution < -0.4 is 0 Å². The molecule has 3 aliphatic carbocycles. The predicted octanol–water partition coefficient (Wildman–Crippen LogP) is 7.87. The molecule has 0 saturated heterocycles. The molecule has 0 aromatic rings. The van der Waals surface area contributed by atoms with Crippen molar-refractivity contribution in [1.29, 1.82) is 0 Å². The van der Waals surface area contributed by atoms with Gasteiger partial charge in [0.25, 0.3) is 0 Å². The first-order chi connectivity index (χ1) is 14.7. The maximum atomic E-state index is 7.65. The van der Waals surface area contributed by atoms with Crippen molar-refractivity contribution in [2.24, 2.45) is 0 Å². The van der Waals surface area contributed by atoms with E-state index >= 15 is 0 Å². The fourth-order valence-electron chi connectivity index (χ4n) is 6.87. The van der Waals surface area contributed by atoms with Crippen LogP contribution >= 0.6 is 0 Å². The molecule has 6 heteroatoms. The fraction of sp³-hybridized carbons (Fsp3) is 1.00. The van der Waals surface area contributed by atoms with E-state index in [9.17, 15) is 0 Å². The molecule has 0 heterocycles. The molecule has 0 aliphatic heterocycles. The predicted molar refractivity (Wildman–Crippen MR) is 122 cm³/mol. The second-order valence-corrected chi connectivity index (χ2v) is 20.2. The summed E-state index contributed by atoms with van der Waals surface area (Å²) in [6.45, 7) is 8.16. The molecule has 0 bridgehead atoms. The van der Waals surface area contributed by atoms with Crippen molar-refractivity contribution in [2.75, 3.05) is 19.8 Å². The molecular formula is C24H48O4SiZr. The Bertz CT molecular complexity index is 411. The van der Waals surface area contributed by atoms with E-state index in [2.05, 4.69) is 20.8 Å². The normalized spacial score (nSPS) is 23.7. The van der Waals surface area contributed by atoms with E-state index in [0.717, 1.165) is 16.6 Å². The van der Waals surface area contributed by atoms with Crippen molar-refractivity contribution in [1.82, 2.24) is 0 Å². The van der Waals surface area contributed by atoms with Gasteiger partial charge in [-0.15, -0.1) is 0 Å². The van der Waals surface area contributed by atoms with Gasteiger partial charge in [-0.2, -0.15) is 0 Å². The second-order valence-electron chi connectivity index (χ2n) is 9.76. The summed E-state index contributed by atoms with van der Waals surface area (Å²) < 4.78 is 26.9. The van der Waals surface area contributed by atoms with Crippen LogP contribution in [-0.4, -0.2) is 28.1 Å². The van der Waals surface area contributed by atoms with E-state index in [4.69, 9.17) is 10.9 Å². The van der Waals surface area contributed by atoms with E-state index in [1.807, 2.05) is 0 Å². The van der Waals surface area contributed by atoms with Gasteiger partial charge in [0.2, 0.25) is 0 Å². The number of rotatable bonds is 11. The summed E-state index contributed by atoms with van der Waals surface area (Å²) in [6, 6.07) is 0. The molecule has 0 amide bonds. The number of hydrogen-bond donors (Lipinski definition) is 0. The van der Waals surface area contributed by atoms with Crippen LogP contribution in [0, 0.1) is 0 Å². The first kappa shape index (κ1) is 25.6. The summed E-state index contributed by atoms with van der Waals surface area (Å²) in [7, 11) is -2.12. The Morgan fingerprint density at radius 3 is 1.10 bits per heavy atom. The van der Waals surface area contributed by atoms with Crippen LogP contribution in [0.15, 0.2) is 0 Å². The van der Waals surface area contributed by atoms with Crippen molar-refractivity contribution < 1.29 is 33.0 Å². The Labute approximate surface area is 194 Å². The molecule has 0 unspecified atom stereocenters. The van der Waals surface area contributed by atoms with Gasteiger partial charge in [-0.05, 0) is 0 Å². The maximum absolute atomic E-state index is 7.65. The van der Waals surface area contributed by atoms with Gasteiger partial charge in [-0.3, -0.25) is 0 Å². The van der Waals surface area contributed by atoms with Crippen LogP contribution in [0.2, 0.25) is 16.6 Å². The van der Waals surface area contributed by atoms with Crippen molar-refractivity contribution >= 4 is 8.32 Å². The summed E-state index contributed by atoms with van der Waals surface area (Å²) in [6.07, 6.45) is 20.9. The topological polar surface area (TPSA) is 36.9 Å². The molecule has 0 N–H and O–H groups in total. The van der Waals surface area contributed by atoms with E-state index in [1.54, 1.807) is 0 Å². The summed E-state index contributed by atoms with van der Waals surface area (Å²) in [4.78, 5) is 0. The minimum absolute atomic E-state index is 0.639. The Balaban J connectivity index is 2.03. The molecular weight excluding hydrogens is 472 g/mol. The molecule has 0 aromatic carbocycles. The van der Waals surface area contributed by atoms with Gasteiger partial charge in [0, 0.05) is 0 Å². The van der Waals surface area contributed by atoms with Gasteiger partial charge in [-0.25, -0.2) is 0 Å². The Kier molecular flexibility index (Phi) is 11.1. The van der Waals surface area contributed by atoms with E-state index in [1.165, 1.54) is 96.3 Å². The van der Waals surface area contributed by atoms with Crippen molar-refractivity contribution in [3.8, 4) is 0 Å². The van der Waals surface area contributed by atoms with Gasteiger partial charge >= 0.3 is 195 Å². The quantitative estimate of drug-likeness (QED) is 0.260. The third kappa shape index (κ3) is 6.08. The molecule has 30 heavy (non-hydrogen) atoms. The van der Waals surface area contributed by atoms with Gasteiger partial charge in [-0.1, -0.05) is 0 Å². The van der Waals surface area contributed by atoms with Crippen LogP contribution in [0.4, 0.5) is 0 Å². The first-order valence-corrected chi connectivity index (χ1v) is 19.5. The molecule has 0 spiro atoms. The van der Waals surface area contributed by atoms with Crippen molar-refractivity contribution in [3.05, 3.63) is 0 Å². The van der Waals surface area contributed by atoms with E-state index in [0.29, 0.717) is 19.8 Å². The fourth-order valence-corrected chi connectivity index (χ4v) is 25.3. The Hall–Kier alpha value is 0.940. The zero-order chi connectivity index (χ0) is 21.3. The SMILES string of the molecule is CC[O][Zr]([O]CC)([O]CC)[O][Si](C1CCCCC1)(C1CCCCC1)C1CCCCC1. The third-order valence-electron chi connectivity index (χ3n) is 7.99. The average molecular weight is 520 g/mol. The zero-order valence-electron chi connectivity index (χ0n) is 20.1. The average Bonchev–Trinajstić information content (AvgIpc) is 2.80. The Morgan fingerprint density at radius 2 is 0.833 bits per heavy atom. The zero-order valence-corrected chi connectivity index (χ0v) is 23.6. The van der Waals surface area contributed by atoms with E-state index in [-0.39, 0.29) is 0 Å². The molecule has 4 nitrogen and oxygen atoms in total. The van der Waals surface area contributed by atoms with Crippen LogP contribution in [0.3, 0.4) is 0 Å².